The topological polar surface area (TPSA) is 110 Å². The number of hydrogen-bond acceptors (Lipinski definition) is 7. The Morgan fingerprint density at radius 3 is 2.88 bits per heavy atom. The van der Waals surface area contributed by atoms with Crippen molar-refractivity contribution in [3.05, 3.63) is 71.2 Å². The van der Waals surface area contributed by atoms with Gasteiger partial charge in [-0.25, -0.2) is 15.0 Å². The van der Waals surface area contributed by atoms with Gasteiger partial charge in [0.15, 0.2) is 0 Å². The summed E-state index contributed by atoms with van der Waals surface area (Å²) in [6.07, 6.45) is 10.4. The van der Waals surface area contributed by atoms with Gasteiger partial charge in [-0.1, -0.05) is 17.7 Å². The number of nitrogens with one attached hydrogen (secondary N) is 2. The van der Waals surface area contributed by atoms with Gasteiger partial charge in [-0.05, 0) is 42.9 Å². The fourth-order valence-corrected chi connectivity index (χ4v) is 4.23. The Morgan fingerprint density at radius 2 is 2.03 bits per heavy atom. The van der Waals surface area contributed by atoms with Crippen molar-refractivity contribution in [2.24, 2.45) is 5.92 Å². The van der Waals surface area contributed by atoms with Crippen molar-refractivity contribution in [2.75, 3.05) is 10.6 Å². The number of halogens is 1. The van der Waals surface area contributed by atoms with Gasteiger partial charge in [0.05, 0.1) is 29.2 Å². The van der Waals surface area contributed by atoms with E-state index in [0.717, 1.165) is 17.0 Å². The van der Waals surface area contributed by atoms with E-state index in [1.807, 2.05) is 6.20 Å². The van der Waals surface area contributed by atoms with Gasteiger partial charge in [-0.2, -0.15) is 10.2 Å². The number of carbonyl (C=O) groups is 1. The molecule has 0 unspecified atom stereocenters. The van der Waals surface area contributed by atoms with Crippen LogP contribution < -0.4 is 10.6 Å². The number of amides is 1. The maximum atomic E-state index is 12.6. The monoisotopic (exact) mass is 460 g/mol. The van der Waals surface area contributed by atoms with E-state index in [4.69, 9.17) is 11.6 Å². The minimum atomic E-state index is -0.164. The summed E-state index contributed by atoms with van der Waals surface area (Å²) >= 11 is 5.98. The van der Waals surface area contributed by atoms with Crippen LogP contribution in [0.2, 0.25) is 5.02 Å². The molecular weight excluding hydrogens is 440 g/mol. The fourth-order valence-electron chi connectivity index (χ4n) is 4.08. The first-order chi connectivity index (χ1) is 16.1. The van der Waals surface area contributed by atoms with Crippen LogP contribution in [-0.4, -0.2) is 35.5 Å². The predicted molar refractivity (Wildman–Crippen MR) is 123 cm³/mol. The van der Waals surface area contributed by atoms with E-state index in [9.17, 15) is 4.79 Å². The van der Waals surface area contributed by atoms with E-state index in [2.05, 4.69) is 58.5 Å². The molecule has 0 spiro atoms. The van der Waals surface area contributed by atoms with Gasteiger partial charge >= 0.3 is 0 Å². The quantitative estimate of drug-likeness (QED) is 0.431. The van der Waals surface area contributed by atoms with Crippen molar-refractivity contribution in [3.63, 3.8) is 0 Å². The van der Waals surface area contributed by atoms with Gasteiger partial charge in [0, 0.05) is 30.3 Å². The lowest BCUT2D eigenvalue weighted by Crippen LogP contribution is -2.16. The summed E-state index contributed by atoms with van der Waals surface area (Å²) in [5.41, 5.74) is 3.95. The van der Waals surface area contributed by atoms with Gasteiger partial charge in [-0.15, -0.1) is 0 Å². The van der Waals surface area contributed by atoms with Gasteiger partial charge in [0.25, 0.3) is 0 Å². The maximum Gasteiger partial charge on any atom is 0.229 e. The highest BCUT2D eigenvalue weighted by molar-refractivity contribution is 6.30. The summed E-state index contributed by atoms with van der Waals surface area (Å²) in [5.74, 6) is 1.54. The van der Waals surface area contributed by atoms with E-state index in [0.29, 0.717) is 35.5 Å². The van der Waals surface area contributed by atoms with Gasteiger partial charge in [0.1, 0.15) is 23.6 Å². The van der Waals surface area contributed by atoms with Crippen LogP contribution in [0.3, 0.4) is 0 Å². The zero-order valence-electron chi connectivity index (χ0n) is 17.6. The Labute approximate surface area is 194 Å². The average molecular weight is 461 g/mol. The van der Waals surface area contributed by atoms with Crippen molar-refractivity contribution in [1.82, 2.24) is 29.5 Å². The second kappa shape index (κ2) is 8.08. The van der Waals surface area contributed by atoms with Crippen LogP contribution in [0.15, 0.2) is 49.2 Å². The number of fused-ring (bicyclic) bond motifs is 1. The van der Waals surface area contributed by atoms with Gasteiger partial charge in [-0.3, -0.25) is 4.79 Å². The summed E-state index contributed by atoms with van der Waals surface area (Å²) in [5, 5.41) is 14.6. The lowest BCUT2D eigenvalue weighted by atomic mass is 10.2. The van der Waals surface area contributed by atoms with E-state index in [-0.39, 0.29) is 17.7 Å². The summed E-state index contributed by atoms with van der Waals surface area (Å²) in [4.78, 5) is 25.7. The molecule has 2 N–H and O–H groups in total. The Balaban J connectivity index is 1.08. The molecule has 0 aromatic carbocycles. The van der Waals surface area contributed by atoms with Gasteiger partial charge < -0.3 is 15.0 Å². The van der Waals surface area contributed by atoms with Crippen molar-refractivity contribution in [2.45, 2.75) is 37.6 Å². The van der Waals surface area contributed by atoms with E-state index in [1.165, 1.54) is 30.9 Å². The molecule has 2 aliphatic rings. The van der Waals surface area contributed by atoms with E-state index < -0.39 is 0 Å². The zero-order chi connectivity index (χ0) is 22.4. The first-order valence-corrected chi connectivity index (χ1v) is 11.3. The number of imidazole rings is 1. The first kappa shape index (κ1) is 20.0. The molecule has 4 heterocycles. The van der Waals surface area contributed by atoms with Crippen LogP contribution in [0, 0.1) is 5.92 Å². The second-order valence-corrected chi connectivity index (χ2v) is 9.05. The molecule has 6 rings (SSSR count). The number of carbonyl (C=O) groups excluding carboxylic acids is 1. The highest BCUT2D eigenvalue weighted by atomic mass is 35.5. The molecule has 0 saturated heterocycles. The molecule has 2 fully saturated rings. The van der Waals surface area contributed by atoms with Crippen LogP contribution in [0.1, 0.15) is 48.0 Å². The summed E-state index contributed by atoms with van der Waals surface area (Å²) in [6, 6.07) is 7.70. The number of aromatic nitrogens is 6. The largest absolute Gasteiger partial charge is 0.364 e. The molecule has 2 atom stereocenters. The van der Waals surface area contributed by atoms with Crippen LogP contribution in [0.5, 0.6) is 0 Å². The number of pyridine rings is 1. The number of nitrogens with zero attached hydrogens (tertiary/aromatic N) is 6. The number of hydrogen-bond donors (Lipinski definition) is 2. The average Bonchev–Trinajstić information content (AvgIpc) is 3.74. The second-order valence-electron chi connectivity index (χ2n) is 8.61. The van der Waals surface area contributed by atoms with Gasteiger partial charge in [0.2, 0.25) is 5.91 Å². The smallest absolute Gasteiger partial charge is 0.229 e. The molecule has 2 saturated carbocycles. The number of anilines is 2. The SMILES string of the molecule is O=C(Nc1cc(NCc2cn3cc(C4CC4)ccc3n2)ncn1)[C@H]1C[C@@H]1c1cc(Cl)cnn1. The minimum Gasteiger partial charge on any atom is -0.364 e. The molecule has 4 aromatic heterocycles. The Bertz CT molecular complexity index is 1350. The van der Waals surface area contributed by atoms with Crippen molar-refractivity contribution in [1.29, 1.82) is 0 Å². The highest BCUT2D eigenvalue weighted by Gasteiger charge is 2.45. The first-order valence-electron chi connectivity index (χ1n) is 10.9. The third-order valence-corrected chi connectivity index (χ3v) is 6.30. The molecule has 4 aromatic rings. The normalized spacial score (nSPS) is 19.4. The van der Waals surface area contributed by atoms with E-state index >= 15 is 0 Å². The third-order valence-electron chi connectivity index (χ3n) is 6.09. The zero-order valence-corrected chi connectivity index (χ0v) is 18.4. The van der Waals surface area contributed by atoms with Crippen molar-refractivity contribution in [3.8, 4) is 0 Å². The molecule has 10 heteroatoms. The third kappa shape index (κ3) is 4.36. The standard InChI is InChI=1S/C23H21ClN8O/c24-15-5-19(31-28-8-15)17-6-18(17)23(33)30-21-7-20(26-12-27-21)25-9-16-11-32-10-14(13-1-2-13)3-4-22(32)29-16/h3-5,7-8,10-13,17-18H,1-2,6,9H2,(H2,25,26,27,30,33)/t17-,18-/m0/s1. The Hall–Kier alpha value is -3.59. The molecule has 2 aliphatic carbocycles. The van der Waals surface area contributed by atoms with Crippen molar-refractivity contribution >= 4 is 34.8 Å². The van der Waals surface area contributed by atoms with Crippen molar-refractivity contribution < 1.29 is 4.79 Å². The lowest BCUT2D eigenvalue weighted by Gasteiger charge is -2.07. The summed E-state index contributed by atoms with van der Waals surface area (Å²) in [7, 11) is 0. The van der Waals surface area contributed by atoms with Crippen LogP contribution >= 0.6 is 11.6 Å². The number of rotatable bonds is 7. The minimum absolute atomic E-state index is 0.0334. The molecule has 0 bridgehead atoms. The molecule has 166 valence electrons. The summed E-state index contributed by atoms with van der Waals surface area (Å²) in [6.45, 7) is 0.517. The molecule has 1 amide bonds. The molecular formula is C23H21ClN8O. The van der Waals surface area contributed by atoms with Crippen LogP contribution in [0.25, 0.3) is 5.65 Å². The maximum absolute atomic E-state index is 12.6. The molecule has 0 radical (unpaired) electrons. The fraction of sp³-hybridized carbons (Fsp3) is 0.304. The molecule has 33 heavy (non-hydrogen) atoms. The lowest BCUT2D eigenvalue weighted by molar-refractivity contribution is -0.117. The Morgan fingerprint density at radius 1 is 1.15 bits per heavy atom. The van der Waals surface area contributed by atoms with Crippen LogP contribution in [0.4, 0.5) is 11.6 Å². The van der Waals surface area contributed by atoms with Crippen LogP contribution in [-0.2, 0) is 11.3 Å². The molecule has 9 nitrogen and oxygen atoms in total. The predicted octanol–water partition coefficient (Wildman–Crippen LogP) is 3.80. The molecule has 0 aliphatic heterocycles. The summed E-state index contributed by atoms with van der Waals surface area (Å²) < 4.78 is 2.08. The van der Waals surface area contributed by atoms with E-state index in [1.54, 1.807) is 12.1 Å². The highest BCUT2D eigenvalue weighted by Crippen LogP contribution is 2.47. The Kier molecular flexibility index (Phi) is 4.91.